The lowest BCUT2D eigenvalue weighted by molar-refractivity contribution is 0.571. The van der Waals surface area contributed by atoms with E-state index in [0.29, 0.717) is 46.2 Å². The van der Waals surface area contributed by atoms with Crippen LogP contribution in [-0.4, -0.2) is 0 Å². The van der Waals surface area contributed by atoms with Gasteiger partial charge in [0.2, 0.25) is 0 Å². The predicted molar refractivity (Wildman–Crippen MR) is 199 cm³/mol. The van der Waals surface area contributed by atoms with Gasteiger partial charge in [0.25, 0.3) is 0 Å². The summed E-state index contributed by atoms with van der Waals surface area (Å²) >= 11 is 0. The molecule has 0 unspecified atom stereocenters. The Morgan fingerprint density at radius 2 is 0.667 bits per heavy atom. The van der Waals surface area contributed by atoms with E-state index in [1.54, 1.807) is 48.5 Å². The topological polar surface area (TPSA) is 47.6 Å². The monoisotopic (exact) mass is 728 g/mol. The molecule has 0 saturated heterocycles. The minimum atomic E-state index is -0.763. The van der Waals surface area contributed by atoms with E-state index in [9.17, 15) is 8.78 Å². The van der Waals surface area contributed by atoms with Gasteiger partial charge in [-0.3, -0.25) is 0 Å². The summed E-state index contributed by atoms with van der Waals surface area (Å²) in [5.41, 5.74) is 3.13. The summed E-state index contributed by atoms with van der Waals surface area (Å²) in [6.07, 6.45) is 5.86. The SMILES string of the molecule is N#Cc1ccc(-c2ccc(-c3c(F)cc(CCCCCCCCc4cc(F)c(-c5ccc(-c6ccc(C#N)cc6)c(F)c5)c(F)c4)cc3F)cc2F)cc1. The highest BCUT2D eigenvalue weighted by Crippen LogP contribution is 2.34. The first kappa shape index (κ1) is 37.6. The van der Waals surface area contributed by atoms with Gasteiger partial charge in [0, 0.05) is 11.1 Å². The van der Waals surface area contributed by atoms with Crippen molar-refractivity contribution in [2.75, 3.05) is 0 Å². The van der Waals surface area contributed by atoms with Gasteiger partial charge >= 0.3 is 0 Å². The van der Waals surface area contributed by atoms with E-state index in [2.05, 4.69) is 0 Å². The molecule has 0 aromatic heterocycles. The third kappa shape index (κ3) is 8.73. The van der Waals surface area contributed by atoms with Gasteiger partial charge in [0.1, 0.15) is 34.9 Å². The maximum absolute atomic E-state index is 15.1. The predicted octanol–water partition coefficient (Wildman–Crippen LogP) is 13.1. The Labute approximate surface area is 310 Å². The summed E-state index contributed by atoms with van der Waals surface area (Å²) < 4.78 is 90.3. The van der Waals surface area contributed by atoms with Crippen molar-refractivity contribution in [1.82, 2.24) is 0 Å². The van der Waals surface area contributed by atoms with Gasteiger partial charge in [-0.25, -0.2) is 26.3 Å². The second kappa shape index (κ2) is 17.1. The molecule has 0 aliphatic heterocycles. The standard InChI is InChI=1S/C46H34F6N2/c47-39-25-35(17-19-37(39)33-13-9-29(27-53)10-14-33)45-41(49)21-31(22-42(45)50)7-5-3-1-2-4-6-8-32-23-43(51)46(44(52)24-32)36-18-20-38(40(48)26-36)34-15-11-30(28-54)12-16-34/h9-26H,1-8H2. The average Bonchev–Trinajstić information content (AvgIpc) is 3.16. The van der Waals surface area contributed by atoms with E-state index in [4.69, 9.17) is 10.5 Å². The summed E-state index contributed by atoms with van der Waals surface area (Å²) in [5, 5.41) is 18.0. The van der Waals surface area contributed by atoms with Crippen molar-refractivity contribution >= 4 is 0 Å². The highest BCUT2D eigenvalue weighted by molar-refractivity contribution is 5.73. The summed E-state index contributed by atoms with van der Waals surface area (Å²) in [6, 6.07) is 30.0. The van der Waals surface area contributed by atoms with Crippen LogP contribution in [0, 0.1) is 57.6 Å². The first-order chi connectivity index (χ1) is 26.1. The minimum Gasteiger partial charge on any atom is -0.206 e. The highest BCUT2D eigenvalue weighted by Gasteiger charge is 2.18. The number of nitriles is 2. The molecule has 0 saturated carbocycles. The Hall–Kier alpha value is -6.12. The zero-order chi connectivity index (χ0) is 38.2. The Bertz CT molecular complexity index is 2160. The summed E-state index contributed by atoms with van der Waals surface area (Å²) in [7, 11) is 0. The molecule has 0 aliphatic carbocycles. The molecular formula is C46H34F6N2. The van der Waals surface area contributed by atoms with E-state index < -0.39 is 34.9 Å². The van der Waals surface area contributed by atoms with Gasteiger partial charge in [-0.2, -0.15) is 10.5 Å². The smallest absolute Gasteiger partial charge is 0.134 e. The van der Waals surface area contributed by atoms with Crippen LogP contribution in [0.5, 0.6) is 0 Å². The molecule has 0 atom stereocenters. The molecule has 0 radical (unpaired) electrons. The fourth-order valence-corrected chi connectivity index (χ4v) is 6.71. The molecule has 0 aliphatic rings. The van der Waals surface area contributed by atoms with Gasteiger partial charge in [-0.05, 0) is 120 Å². The molecule has 0 amide bonds. The lowest BCUT2D eigenvalue weighted by Gasteiger charge is -2.11. The van der Waals surface area contributed by atoms with Gasteiger partial charge in [0.05, 0.1) is 34.4 Å². The van der Waals surface area contributed by atoms with E-state index >= 15 is 17.6 Å². The van der Waals surface area contributed by atoms with E-state index in [0.717, 1.165) is 50.7 Å². The quantitative estimate of drug-likeness (QED) is 0.0878. The van der Waals surface area contributed by atoms with E-state index in [-0.39, 0.29) is 33.4 Å². The van der Waals surface area contributed by atoms with Crippen LogP contribution in [0.25, 0.3) is 44.5 Å². The van der Waals surface area contributed by atoms with E-state index in [1.807, 2.05) is 12.1 Å². The lowest BCUT2D eigenvalue weighted by Crippen LogP contribution is -1.97. The Balaban J connectivity index is 0.955. The largest absolute Gasteiger partial charge is 0.206 e. The van der Waals surface area contributed by atoms with Crippen LogP contribution in [0.2, 0.25) is 0 Å². The molecule has 2 nitrogen and oxygen atoms in total. The van der Waals surface area contributed by atoms with Crippen LogP contribution in [-0.2, 0) is 12.8 Å². The van der Waals surface area contributed by atoms with Crippen molar-refractivity contribution in [3.8, 4) is 56.6 Å². The molecule has 6 aromatic rings. The molecule has 0 fully saturated rings. The number of hydrogen-bond donors (Lipinski definition) is 0. The summed E-state index contributed by atoms with van der Waals surface area (Å²) in [6.45, 7) is 0. The summed E-state index contributed by atoms with van der Waals surface area (Å²) in [4.78, 5) is 0. The molecule has 0 heterocycles. The molecule has 8 heteroatoms. The number of halogens is 6. The van der Waals surface area contributed by atoms with Crippen LogP contribution in [0.4, 0.5) is 26.3 Å². The maximum Gasteiger partial charge on any atom is 0.134 e. The summed E-state index contributed by atoms with van der Waals surface area (Å²) in [5.74, 6) is -4.31. The average molecular weight is 729 g/mol. The number of nitrogens with zero attached hydrogens (tertiary/aromatic N) is 2. The first-order valence-electron chi connectivity index (χ1n) is 17.7. The van der Waals surface area contributed by atoms with Crippen LogP contribution in [0.15, 0.2) is 109 Å². The van der Waals surface area contributed by atoms with Crippen LogP contribution >= 0.6 is 0 Å². The molecule has 0 bridgehead atoms. The van der Waals surface area contributed by atoms with Crippen LogP contribution < -0.4 is 0 Å². The fourth-order valence-electron chi connectivity index (χ4n) is 6.71. The van der Waals surface area contributed by atoms with Gasteiger partial charge in [-0.1, -0.05) is 74.2 Å². The van der Waals surface area contributed by atoms with Crippen LogP contribution in [0.3, 0.4) is 0 Å². The molecule has 6 aromatic carbocycles. The Kier molecular flexibility index (Phi) is 11.9. The van der Waals surface area contributed by atoms with Crippen LogP contribution in [0.1, 0.15) is 60.8 Å². The molecule has 54 heavy (non-hydrogen) atoms. The molecule has 0 spiro atoms. The number of benzene rings is 6. The molecular weight excluding hydrogens is 695 g/mol. The number of unbranched alkanes of at least 4 members (excludes halogenated alkanes) is 5. The number of aryl methyl sites for hydroxylation is 2. The van der Waals surface area contributed by atoms with Gasteiger partial charge in [-0.15, -0.1) is 0 Å². The zero-order valence-electron chi connectivity index (χ0n) is 29.2. The Morgan fingerprint density at radius 3 is 0.981 bits per heavy atom. The third-order valence-corrected chi connectivity index (χ3v) is 9.55. The van der Waals surface area contributed by atoms with Crippen molar-refractivity contribution in [2.24, 2.45) is 0 Å². The van der Waals surface area contributed by atoms with Crippen molar-refractivity contribution in [3.05, 3.63) is 166 Å². The van der Waals surface area contributed by atoms with Gasteiger partial charge < -0.3 is 0 Å². The maximum atomic E-state index is 15.1. The second-order valence-corrected chi connectivity index (χ2v) is 13.3. The zero-order valence-corrected chi connectivity index (χ0v) is 29.2. The number of hydrogen-bond acceptors (Lipinski definition) is 2. The minimum absolute atomic E-state index is 0.0925. The third-order valence-electron chi connectivity index (χ3n) is 9.55. The molecule has 0 N–H and O–H groups in total. The van der Waals surface area contributed by atoms with E-state index in [1.165, 1.54) is 48.5 Å². The highest BCUT2D eigenvalue weighted by atomic mass is 19.2. The molecule has 6 rings (SSSR count). The van der Waals surface area contributed by atoms with Crippen molar-refractivity contribution in [1.29, 1.82) is 10.5 Å². The first-order valence-corrected chi connectivity index (χ1v) is 17.7. The fraction of sp³-hybridized carbons (Fsp3) is 0.174. The van der Waals surface area contributed by atoms with Crippen molar-refractivity contribution in [3.63, 3.8) is 0 Å². The Morgan fingerprint density at radius 1 is 0.352 bits per heavy atom. The van der Waals surface area contributed by atoms with Gasteiger partial charge in [0.15, 0.2) is 0 Å². The second-order valence-electron chi connectivity index (χ2n) is 13.3. The van der Waals surface area contributed by atoms with Crippen molar-refractivity contribution < 1.29 is 26.3 Å². The molecule has 270 valence electrons. The normalized spacial score (nSPS) is 11.0. The van der Waals surface area contributed by atoms with Crippen molar-refractivity contribution in [2.45, 2.75) is 51.4 Å². The lowest BCUT2D eigenvalue weighted by atomic mass is 9.96. The number of rotatable bonds is 13.